The Balaban J connectivity index is 0.00000289. The van der Waals surface area contributed by atoms with E-state index in [4.69, 9.17) is 0 Å². The fraction of sp³-hybridized carbons (Fsp3) is 0.923. The number of hydrogen-bond donors (Lipinski definition) is 1. The number of nitrogens with one attached hydrogen (secondary N) is 1. The van der Waals surface area contributed by atoms with Crippen LogP contribution >= 0.6 is 12.4 Å². The van der Waals surface area contributed by atoms with Crippen LogP contribution in [0.15, 0.2) is 0 Å². The van der Waals surface area contributed by atoms with Crippen LogP contribution in [0, 0.1) is 5.92 Å². The molecular weight excluding hydrogens is 250 g/mol. The lowest BCUT2D eigenvalue weighted by molar-refractivity contribution is -0.132. The average molecular weight is 278 g/mol. The molecule has 0 aromatic rings. The Bertz CT molecular complexity index is 232. The quantitative estimate of drug-likeness (QED) is 0.793. The van der Waals surface area contributed by atoms with Crippen LogP contribution in [0.1, 0.15) is 26.7 Å². The maximum Gasteiger partial charge on any atom is 0.236 e. The van der Waals surface area contributed by atoms with Gasteiger partial charge in [0.05, 0.1) is 6.54 Å². The lowest BCUT2D eigenvalue weighted by atomic mass is 9.98. The number of nitrogens with zero attached hydrogens (tertiary/aromatic N) is 2. The maximum absolute atomic E-state index is 12.0. The van der Waals surface area contributed by atoms with Gasteiger partial charge >= 0.3 is 0 Å². The van der Waals surface area contributed by atoms with E-state index in [1.807, 2.05) is 25.8 Å². The first-order chi connectivity index (χ1) is 8.21. The second-order valence-corrected chi connectivity index (χ2v) is 4.87. The molecule has 0 saturated carbocycles. The number of rotatable bonds is 6. The van der Waals surface area contributed by atoms with Gasteiger partial charge < -0.3 is 10.2 Å². The predicted molar refractivity (Wildman–Crippen MR) is 78.3 cm³/mol. The second kappa shape index (κ2) is 9.59. The average Bonchev–Trinajstić information content (AvgIpc) is 2.31. The Morgan fingerprint density at radius 3 is 2.61 bits per heavy atom. The van der Waals surface area contributed by atoms with Gasteiger partial charge in [0.25, 0.3) is 0 Å². The molecule has 0 aromatic heterocycles. The highest BCUT2D eigenvalue weighted by molar-refractivity contribution is 5.85. The minimum Gasteiger partial charge on any atom is -0.342 e. The molecule has 1 atom stereocenters. The Morgan fingerprint density at radius 1 is 1.39 bits per heavy atom. The molecule has 1 fully saturated rings. The Labute approximate surface area is 117 Å². The third-order valence-corrected chi connectivity index (χ3v) is 3.57. The summed E-state index contributed by atoms with van der Waals surface area (Å²) in [6.45, 7) is 9.54. The summed E-state index contributed by atoms with van der Waals surface area (Å²) in [5, 5.41) is 3.23. The van der Waals surface area contributed by atoms with E-state index in [2.05, 4.69) is 10.2 Å². The monoisotopic (exact) mass is 277 g/mol. The van der Waals surface area contributed by atoms with Crippen molar-refractivity contribution in [2.24, 2.45) is 5.92 Å². The summed E-state index contributed by atoms with van der Waals surface area (Å²) in [6.07, 6.45) is 2.51. The molecule has 1 saturated heterocycles. The standard InChI is InChI=1S/C13H27N3O.ClH/c1-4-16(5-2)13(17)11-15-8-6-7-12(10-15)9-14-3;/h12,14H,4-11H2,1-3H3;1H. The molecule has 1 heterocycles. The Kier molecular flexibility index (Phi) is 9.42. The molecule has 1 amide bonds. The van der Waals surface area contributed by atoms with Crippen molar-refractivity contribution >= 4 is 18.3 Å². The normalized spacial score (nSPS) is 20.3. The van der Waals surface area contributed by atoms with Gasteiger partial charge in [-0.15, -0.1) is 12.4 Å². The minimum atomic E-state index is 0. The van der Waals surface area contributed by atoms with Gasteiger partial charge in [0.2, 0.25) is 5.91 Å². The molecule has 1 rings (SSSR count). The highest BCUT2D eigenvalue weighted by Crippen LogP contribution is 2.15. The lowest BCUT2D eigenvalue weighted by Crippen LogP contribution is -2.45. The molecule has 1 aliphatic heterocycles. The highest BCUT2D eigenvalue weighted by atomic mass is 35.5. The van der Waals surface area contributed by atoms with E-state index in [0.717, 1.165) is 32.7 Å². The highest BCUT2D eigenvalue weighted by Gasteiger charge is 2.22. The number of likely N-dealkylation sites (N-methyl/N-ethyl adjacent to an activating group) is 1. The van der Waals surface area contributed by atoms with Crippen molar-refractivity contribution in [2.75, 3.05) is 46.3 Å². The van der Waals surface area contributed by atoms with Gasteiger partial charge in [-0.1, -0.05) is 0 Å². The van der Waals surface area contributed by atoms with Crippen molar-refractivity contribution in [3.05, 3.63) is 0 Å². The minimum absolute atomic E-state index is 0. The third-order valence-electron chi connectivity index (χ3n) is 3.57. The van der Waals surface area contributed by atoms with E-state index in [9.17, 15) is 4.79 Å². The topological polar surface area (TPSA) is 35.6 Å². The predicted octanol–water partition coefficient (Wildman–Crippen LogP) is 1.21. The van der Waals surface area contributed by atoms with E-state index in [0.29, 0.717) is 12.5 Å². The second-order valence-electron chi connectivity index (χ2n) is 4.87. The number of halogens is 1. The first kappa shape index (κ1) is 17.7. The maximum atomic E-state index is 12.0. The molecule has 1 N–H and O–H groups in total. The zero-order valence-electron chi connectivity index (χ0n) is 11.9. The molecule has 0 aromatic carbocycles. The van der Waals surface area contributed by atoms with Crippen molar-refractivity contribution < 1.29 is 4.79 Å². The van der Waals surface area contributed by atoms with Gasteiger partial charge in [0.1, 0.15) is 0 Å². The number of piperidine rings is 1. The largest absolute Gasteiger partial charge is 0.342 e. The summed E-state index contributed by atoms with van der Waals surface area (Å²) < 4.78 is 0. The Morgan fingerprint density at radius 2 is 2.06 bits per heavy atom. The summed E-state index contributed by atoms with van der Waals surface area (Å²) in [7, 11) is 2.00. The van der Waals surface area contributed by atoms with Crippen LogP contribution in [-0.4, -0.2) is 62.0 Å². The van der Waals surface area contributed by atoms with E-state index in [-0.39, 0.29) is 18.3 Å². The molecule has 1 unspecified atom stereocenters. The molecule has 108 valence electrons. The lowest BCUT2D eigenvalue weighted by Gasteiger charge is -2.33. The molecule has 18 heavy (non-hydrogen) atoms. The number of likely N-dealkylation sites (tertiary alicyclic amines) is 1. The Hall–Kier alpha value is -0.320. The van der Waals surface area contributed by atoms with Crippen LogP contribution < -0.4 is 5.32 Å². The fourth-order valence-corrected chi connectivity index (χ4v) is 2.62. The summed E-state index contributed by atoms with van der Waals surface area (Å²) in [6, 6.07) is 0. The molecular formula is C13H28ClN3O. The van der Waals surface area contributed by atoms with Crippen LogP contribution in [-0.2, 0) is 4.79 Å². The van der Waals surface area contributed by atoms with E-state index >= 15 is 0 Å². The molecule has 4 nitrogen and oxygen atoms in total. The van der Waals surface area contributed by atoms with Crippen molar-refractivity contribution in [2.45, 2.75) is 26.7 Å². The summed E-state index contributed by atoms with van der Waals surface area (Å²) in [4.78, 5) is 16.2. The smallest absolute Gasteiger partial charge is 0.236 e. The van der Waals surface area contributed by atoms with Crippen molar-refractivity contribution in [3.63, 3.8) is 0 Å². The van der Waals surface area contributed by atoms with Gasteiger partial charge in [-0.25, -0.2) is 0 Å². The van der Waals surface area contributed by atoms with E-state index < -0.39 is 0 Å². The van der Waals surface area contributed by atoms with Crippen LogP contribution in [0.25, 0.3) is 0 Å². The van der Waals surface area contributed by atoms with Crippen LogP contribution in [0.5, 0.6) is 0 Å². The van der Waals surface area contributed by atoms with Gasteiger partial charge in [0.15, 0.2) is 0 Å². The van der Waals surface area contributed by atoms with Crippen LogP contribution in [0.4, 0.5) is 0 Å². The van der Waals surface area contributed by atoms with E-state index in [1.54, 1.807) is 0 Å². The number of carbonyl (C=O) groups excluding carboxylic acids is 1. The molecule has 0 bridgehead atoms. The van der Waals surface area contributed by atoms with Crippen LogP contribution in [0.3, 0.4) is 0 Å². The number of carbonyl (C=O) groups is 1. The first-order valence-electron chi connectivity index (χ1n) is 6.85. The van der Waals surface area contributed by atoms with Crippen molar-refractivity contribution in [1.29, 1.82) is 0 Å². The van der Waals surface area contributed by atoms with Gasteiger partial charge in [-0.05, 0) is 52.7 Å². The number of hydrogen-bond acceptors (Lipinski definition) is 3. The van der Waals surface area contributed by atoms with E-state index in [1.165, 1.54) is 12.8 Å². The third kappa shape index (κ3) is 5.55. The molecule has 5 heteroatoms. The zero-order chi connectivity index (χ0) is 12.7. The SMILES string of the molecule is CCN(CC)C(=O)CN1CCCC(CNC)C1.Cl. The van der Waals surface area contributed by atoms with Gasteiger partial charge in [-0.3, -0.25) is 9.69 Å². The van der Waals surface area contributed by atoms with Crippen molar-refractivity contribution in [3.8, 4) is 0 Å². The fourth-order valence-electron chi connectivity index (χ4n) is 2.62. The zero-order valence-corrected chi connectivity index (χ0v) is 12.8. The molecule has 1 aliphatic rings. The van der Waals surface area contributed by atoms with Crippen LogP contribution in [0.2, 0.25) is 0 Å². The first-order valence-corrected chi connectivity index (χ1v) is 6.85. The van der Waals surface area contributed by atoms with Gasteiger partial charge in [-0.2, -0.15) is 0 Å². The molecule has 0 aliphatic carbocycles. The van der Waals surface area contributed by atoms with Gasteiger partial charge in [0, 0.05) is 19.6 Å². The summed E-state index contributed by atoms with van der Waals surface area (Å²) in [5.41, 5.74) is 0. The van der Waals surface area contributed by atoms with Crippen molar-refractivity contribution in [1.82, 2.24) is 15.1 Å². The molecule has 0 spiro atoms. The molecule has 0 radical (unpaired) electrons. The summed E-state index contributed by atoms with van der Waals surface area (Å²) >= 11 is 0. The number of amides is 1. The summed E-state index contributed by atoms with van der Waals surface area (Å²) in [5.74, 6) is 0.985.